The average molecular weight is 298 g/mol. The fourth-order valence-electron chi connectivity index (χ4n) is 1.16. The van der Waals surface area contributed by atoms with Gasteiger partial charge in [0.1, 0.15) is 12.4 Å². The summed E-state index contributed by atoms with van der Waals surface area (Å²) in [7, 11) is 0. The number of phenols is 1. The number of alkyl halides is 3. The molecule has 0 unspecified atom stereocenters. The minimum absolute atomic E-state index is 0.0612. The maximum atomic E-state index is 11.7. The number of phenolic OH excluding ortho intramolecular Hbond substituents is 1. The number of carbonyl (C=O) groups excluding carboxylic acids is 1. The van der Waals surface area contributed by atoms with E-state index in [1.807, 2.05) is 0 Å². The first-order valence-electron chi connectivity index (χ1n) is 5.21. The number of hydrogen-bond donors (Lipinski definition) is 2. The average Bonchev–Trinajstić information content (AvgIpc) is 2.28. The van der Waals surface area contributed by atoms with Gasteiger partial charge in [-0.25, -0.2) is 0 Å². The number of anilines is 1. The molecule has 106 valence electrons. The number of hydrogen-bond acceptors (Lipinski definition) is 3. The Morgan fingerprint density at radius 2 is 2.11 bits per heavy atom. The molecule has 2 N–H and O–H groups in total. The molecule has 0 saturated heterocycles. The van der Waals surface area contributed by atoms with Crippen LogP contribution in [0.3, 0.4) is 0 Å². The molecule has 0 atom stereocenters. The van der Waals surface area contributed by atoms with Crippen molar-refractivity contribution < 1.29 is 27.8 Å². The van der Waals surface area contributed by atoms with Crippen LogP contribution in [0.1, 0.15) is 6.42 Å². The molecule has 0 aliphatic rings. The third-order valence-electron chi connectivity index (χ3n) is 1.97. The van der Waals surface area contributed by atoms with Crippen LogP contribution in [0.25, 0.3) is 0 Å². The molecule has 19 heavy (non-hydrogen) atoms. The van der Waals surface area contributed by atoms with Gasteiger partial charge in [0.2, 0.25) is 5.91 Å². The molecule has 1 aromatic rings. The van der Waals surface area contributed by atoms with E-state index < -0.39 is 18.7 Å². The van der Waals surface area contributed by atoms with E-state index in [4.69, 9.17) is 16.7 Å². The highest BCUT2D eigenvalue weighted by Crippen LogP contribution is 2.26. The summed E-state index contributed by atoms with van der Waals surface area (Å²) in [5.74, 6) is -0.642. The maximum Gasteiger partial charge on any atom is 0.411 e. The van der Waals surface area contributed by atoms with Crippen molar-refractivity contribution >= 4 is 23.2 Å². The van der Waals surface area contributed by atoms with E-state index in [1.165, 1.54) is 18.2 Å². The van der Waals surface area contributed by atoms with Gasteiger partial charge >= 0.3 is 6.18 Å². The molecule has 0 aliphatic carbocycles. The topological polar surface area (TPSA) is 58.6 Å². The Morgan fingerprint density at radius 3 is 2.68 bits per heavy atom. The molecule has 0 aliphatic heterocycles. The summed E-state index contributed by atoms with van der Waals surface area (Å²) >= 11 is 5.62. The summed E-state index contributed by atoms with van der Waals surface area (Å²) < 4.78 is 39.5. The highest BCUT2D eigenvalue weighted by Gasteiger charge is 2.27. The molecular weight excluding hydrogens is 287 g/mol. The third kappa shape index (κ3) is 6.30. The van der Waals surface area contributed by atoms with Gasteiger partial charge in [-0.1, -0.05) is 11.6 Å². The van der Waals surface area contributed by atoms with Crippen molar-refractivity contribution in [2.45, 2.75) is 12.6 Å². The van der Waals surface area contributed by atoms with Crippen LogP contribution in [0.4, 0.5) is 18.9 Å². The summed E-state index contributed by atoms with van der Waals surface area (Å²) in [5, 5.41) is 11.6. The van der Waals surface area contributed by atoms with Gasteiger partial charge in [0, 0.05) is 5.69 Å². The molecule has 8 heteroatoms. The van der Waals surface area contributed by atoms with Crippen LogP contribution in [0.2, 0.25) is 5.02 Å². The van der Waals surface area contributed by atoms with Crippen molar-refractivity contribution in [3.8, 4) is 5.75 Å². The second kappa shape index (κ2) is 6.63. The lowest BCUT2D eigenvalue weighted by Crippen LogP contribution is -2.20. The molecule has 0 fully saturated rings. The molecule has 1 aromatic carbocycles. The molecule has 0 spiro atoms. The number of ether oxygens (including phenoxy) is 1. The Kier molecular flexibility index (Phi) is 5.44. The first-order chi connectivity index (χ1) is 8.78. The van der Waals surface area contributed by atoms with E-state index >= 15 is 0 Å². The van der Waals surface area contributed by atoms with Crippen molar-refractivity contribution in [3.05, 3.63) is 23.2 Å². The fraction of sp³-hybridized carbons (Fsp3) is 0.364. The summed E-state index contributed by atoms with van der Waals surface area (Å²) in [6.07, 6.45) is -4.62. The van der Waals surface area contributed by atoms with Gasteiger partial charge in [0.25, 0.3) is 0 Å². The predicted molar refractivity (Wildman–Crippen MR) is 63.2 cm³/mol. The molecule has 0 heterocycles. The third-order valence-corrected chi connectivity index (χ3v) is 2.27. The molecule has 0 radical (unpaired) electrons. The van der Waals surface area contributed by atoms with Crippen LogP contribution < -0.4 is 5.32 Å². The first-order valence-corrected chi connectivity index (χ1v) is 5.58. The highest BCUT2D eigenvalue weighted by molar-refractivity contribution is 6.32. The smallest absolute Gasteiger partial charge is 0.411 e. The Balaban J connectivity index is 2.33. The van der Waals surface area contributed by atoms with Gasteiger partial charge in [0.15, 0.2) is 0 Å². The van der Waals surface area contributed by atoms with Crippen LogP contribution in [0.15, 0.2) is 18.2 Å². The SMILES string of the molecule is O=C(CCOCC(F)(F)F)Nc1ccc(O)c(Cl)c1. The Bertz CT molecular complexity index is 451. The summed E-state index contributed by atoms with van der Waals surface area (Å²) in [4.78, 5) is 11.4. The standard InChI is InChI=1S/C11H11ClF3NO3/c12-8-5-7(1-2-9(8)17)16-10(18)3-4-19-6-11(13,14)15/h1-2,5,17H,3-4,6H2,(H,16,18). The number of benzene rings is 1. The minimum atomic E-state index is -4.40. The Morgan fingerprint density at radius 1 is 1.42 bits per heavy atom. The van der Waals surface area contributed by atoms with Gasteiger partial charge in [-0.3, -0.25) is 4.79 Å². The predicted octanol–water partition coefficient (Wildman–Crippen LogP) is 2.95. The molecule has 0 saturated carbocycles. The van der Waals surface area contributed by atoms with Gasteiger partial charge in [-0.05, 0) is 18.2 Å². The van der Waals surface area contributed by atoms with Crippen LogP contribution in [0, 0.1) is 0 Å². The zero-order valence-corrected chi connectivity index (χ0v) is 10.4. The second-order valence-corrected chi connectivity index (χ2v) is 4.04. The molecule has 0 bridgehead atoms. The maximum absolute atomic E-state index is 11.7. The van der Waals surface area contributed by atoms with E-state index in [-0.39, 0.29) is 23.8 Å². The normalized spacial score (nSPS) is 11.4. The monoisotopic (exact) mass is 297 g/mol. The van der Waals surface area contributed by atoms with Gasteiger partial charge in [0.05, 0.1) is 18.1 Å². The zero-order chi connectivity index (χ0) is 14.5. The van der Waals surface area contributed by atoms with E-state index in [0.717, 1.165) is 0 Å². The highest BCUT2D eigenvalue weighted by atomic mass is 35.5. The lowest BCUT2D eigenvalue weighted by molar-refractivity contribution is -0.174. The fourth-order valence-corrected chi connectivity index (χ4v) is 1.34. The van der Waals surface area contributed by atoms with Crippen molar-refractivity contribution in [2.24, 2.45) is 0 Å². The van der Waals surface area contributed by atoms with Crippen LogP contribution in [-0.4, -0.2) is 30.4 Å². The van der Waals surface area contributed by atoms with E-state index in [2.05, 4.69) is 10.1 Å². The number of amides is 1. The molecule has 0 aromatic heterocycles. The lowest BCUT2D eigenvalue weighted by Gasteiger charge is -2.08. The zero-order valence-electron chi connectivity index (χ0n) is 9.63. The largest absolute Gasteiger partial charge is 0.506 e. The number of rotatable bonds is 5. The number of aromatic hydroxyl groups is 1. The van der Waals surface area contributed by atoms with Crippen LogP contribution >= 0.6 is 11.6 Å². The van der Waals surface area contributed by atoms with E-state index in [9.17, 15) is 18.0 Å². The summed E-state index contributed by atoms with van der Waals surface area (Å²) in [6.45, 7) is -1.72. The minimum Gasteiger partial charge on any atom is -0.506 e. The Hall–Kier alpha value is -1.47. The molecule has 1 amide bonds. The van der Waals surface area contributed by atoms with Crippen molar-refractivity contribution in [2.75, 3.05) is 18.5 Å². The van der Waals surface area contributed by atoms with Crippen LogP contribution in [0.5, 0.6) is 5.75 Å². The molecular formula is C11H11ClF3NO3. The van der Waals surface area contributed by atoms with Gasteiger partial charge < -0.3 is 15.2 Å². The van der Waals surface area contributed by atoms with Gasteiger partial charge in [-0.2, -0.15) is 13.2 Å². The second-order valence-electron chi connectivity index (χ2n) is 3.63. The molecule has 1 rings (SSSR count). The number of nitrogens with one attached hydrogen (secondary N) is 1. The van der Waals surface area contributed by atoms with Crippen molar-refractivity contribution in [1.29, 1.82) is 0 Å². The quantitative estimate of drug-likeness (QED) is 0.649. The van der Waals surface area contributed by atoms with Crippen LogP contribution in [-0.2, 0) is 9.53 Å². The Labute approximate surface area is 112 Å². The van der Waals surface area contributed by atoms with E-state index in [0.29, 0.717) is 5.69 Å². The molecule has 4 nitrogen and oxygen atoms in total. The lowest BCUT2D eigenvalue weighted by atomic mass is 10.3. The summed E-state index contributed by atoms with van der Waals surface area (Å²) in [6, 6.07) is 4.03. The van der Waals surface area contributed by atoms with Crippen molar-refractivity contribution in [1.82, 2.24) is 0 Å². The number of halogens is 4. The van der Waals surface area contributed by atoms with E-state index in [1.54, 1.807) is 0 Å². The first kappa shape index (κ1) is 15.6. The number of carbonyl (C=O) groups is 1. The van der Waals surface area contributed by atoms with Crippen molar-refractivity contribution in [3.63, 3.8) is 0 Å². The summed E-state index contributed by atoms with van der Waals surface area (Å²) in [5.41, 5.74) is 0.337. The van der Waals surface area contributed by atoms with Gasteiger partial charge in [-0.15, -0.1) is 0 Å².